The van der Waals surface area contributed by atoms with E-state index in [1.807, 2.05) is 19.2 Å². The number of aromatic nitrogens is 3. The van der Waals surface area contributed by atoms with E-state index in [1.165, 1.54) is 0 Å². The molecule has 0 amide bonds. The molecule has 0 radical (unpaired) electrons. The van der Waals surface area contributed by atoms with Gasteiger partial charge in [-0.1, -0.05) is 21.1 Å². The lowest BCUT2D eigenvalue weighted by atomic mass is 10.3. The van der Waals surface area contributed by atoms with Gasteiger partial charge in [0.05, 0.1) is 24.1 Å². The lowest BCUT2D eigenvalue weighted by Crippen LogP contribution is -2.06. The van der Waals surface area contributed by atoms with Crippen molar-refractivity contribution in [2.24, 2.45) is 7.05 Å². The zero-order valence-corrected chi connectivity index (χ0v) is 13.7. The van der Waals surface area contributed by atoms with Gasteiger partial charge in [-0.05, 0) is 44.0 Å². The van der Waals surface area contributed by atoms with Gasteiger partial charge >= 0.3 is 0 Å². The van der Waals surface area contributed by atoms with Gasteiger partial charge in [0.25, 0.3) is 0 Å². The molecule has 1 N–H and O–H groups in total. The first-order valence-corrected chi connectivity index (χ1v) is 7.18. The van der Waals surface area contributed by atoms with Crippen LogP contribution in [0.4, 0.5) is 5.69 Å². The molecule has 0 aliphatic heterocycles. The van der Waals surface area contributed by atoms with Crippen LogP contribution < -0.4 is 5.32 Å². The van der Waals surface area contributed by atoms with Gasteiger partial charge in [-0.2, -0.15) is 0 Å². The van der Waals surface area contributed by atoms with Crippen molar-refractivity contribution in [2.45, 2.75) is 6.54 Å². The highest BCUT2D eigenvalue weighted by molar-refractivity contribution is 9.11. The molecule has 1 aromatic heterocycles. The Hall–Kier alpha value is -0.400. The van der Waals surface area contributed by atoms with Crippen molar-refractivity contribution in [1.82, 2.24) is 15.0 Å². The van der Waals surface area contributed by atoms with Crippen LogP contribution in [0.15, 0.2) is 31.7 Å². The van der Waals surface area contributed by atoms with Crippen molar-refractivity contribution >= 4 is 53.5 Å². The minimum absolute atomic E-state index is 0.669. The molecule has 1 aromatic carbocycles. The molecule has 0 aliphatic carbocycles. The Morgan fingerprint density at radius 2 is 1.88 bits per heavy atom. The molecule has 0 aliphatic rings. The van der Waals surface area contributed by atoms with E-state index >= 15 is 0 Å². The molecule has 2 aromatic rings. The monoisotopic (exact) mass is 422 g/mol. The summed E-state index contributed by atoms with van der Waals surface area (Å²) in [6, 6.07) is 3.99. The number of hydrogen-bond donors (Lipinski definition) is 1. The Balaban J connectivity index is 2.17. The summed E-state index contributed by atoms with van der Waals surface area (Å²) >= 11 is 10.5. The third-order valence-electron chi connectivity index (χ3n) is 2.26. The molecule has 0 atom stereocenters. The molecule has 0 saturated heterocycles. The van der Waals surface area contributed by atoms with Crippen molar-refractivity contribution in [1.29, 1.82) is 0 Å². The highest BCUT2D eigenvalue weighted by Crippen LogP contribution is 2.34. The third-order valence-corrected chi connectivity index (χ3v) is 3.97. The maximum Gasteiger partial charge on any atom is 0.0774 e. The fraction of sp³-hybridized carbons (Fsp3) is 0.200. The maximum atomic E-state index is 3.88. The number of hydrogen-bond acceptors (Lipinski definition) is 3. The Bertz CT molecular complexity index is 515. The number of halogens is 3. The minimum Gasteiger partial charge on any atom is -0.378 e. The van der Waals surface area contributed by atoms with E-state index in [4.69, 9.17) is 0 Å². The van der Waals surface area contributed by atoms with Gasteiger partial charge in [-0.3, -0.25) is 4.68 Å². The van der Waals surface area contributed by atoms with Crippen LogP contribution in [-0.4, -0.2) is 15.0 Å². The van der Waals surface area contributed by atoms with Crippen molar-refractivity contribution < 1.29 is 0 Å². The normalized spacial score (nSPS) is 10.6. The average molecular weight is 425 g/mol. The quantitative estimate of drug-likeness (QED) is 0.816. The Morgan fingerprint density at radius 1 is 1.24 bits per heavy atom. The summed E-state index contributed by atoms with van der Waals surface area (Å²) in [5.74, 6) is 0. The predicted molar refractivity (Wildman–Crippen MR) is 77.9 cm³/mol. The van der Waals surface area contributed by atoms with Crippen LogP contribution in [0.25, 0.3) is 0 Å². The molecule has 7 heteroatoms. The summed E-state index contributed by atoms with van der Waals surface area (Å²) < 4.78 is 4.75. The lowest BCUT2D eigenvalue weighted by Gasteiger charge is -2.11. The topological polar surface area (TPSA) is 42.7 Å². The van der Waals surface area contributed by atoms with Gasteiger partial charge in [0.15, 0.2) is 0 Å². The smallest absolute Gasteiger partial charge is 0.0774 e. The van der Waals surface area contributed by atoms with Crippen LogP contribution in [0.2, 0.25) is 0 Å². The van der Waals surface area contributed by atoms with Crippen molar-refractivity contribution in [3.05, 3.63) is 37.4 Å². The fourth-order valence-corrected chi connectivity index (χ4v) is 3.90. The standard InChI is InChI=1S/C10H9Br3N4/c1-17-7(5-15-16-17)4-14-10-8(12)2-6(11)3-9(10)13/h2-3,5,14H,4H2,1H3. The summed E-state index contributed by atoms with van der Waals surface area (Å²) in [6.45, 7) is 0.669. The second-order valence-electron chi connectivity index (χ2n) is 3.45. The second kappa shape index (κ2) is 5.49. The van der Waals surface area contributed by atoms with Crippen LogP contribution >= 0.6 is 47.8 Å². The van der Waals surface area contributed by atoms with E-state index < -0.39 is 0 Å². The molecule has 0 unspecified atom stereocenters. The van der Waals surface area contributed by atoms with Crippen LogP contribution in [0.5, 0.6) is 0 Å². The van der Waals surface area contributed by atoms with E-state index in [0.29, 0.717) is 6.54 Å². The van der Waals surface area contributed by atoms with E-state index in [2.05, 4.69) is 63.4 Å². The van der Waals surface area contributed by atoms with Gasteiger partial charge < -0.3 is 5.32 Å². The van der Waals surface area contributed by atoms with Crippen molar-refractivity contribution in [3.8, 4) is 0 Å². The number of nitrogens with one attached hydrogen (secondary N) is 1. The lowest BCUT2D eigenvalue weighted by molar-refractivity contribution is 0.683. The second-order valence-corrected chi connectivity index (χ2v) is 6.07. The van der Waals surface area contributed by atoms with Crippen LogP contribution in [-0.2, 0) is 13.6 Å². The number of aryl methyl sites for hydroxylation is 1. The summed E-state index contributed by atoms with van der Waals surface area (Å²) in [6.07, 6.45) is 1.74. The van der Waals surface area contributed by atoms with E-state index in [-0.39, 0.29) is 0 Å². The molecule has 4 nitrogen and oxygen atoms in total. The SMILES string of the molecule is Cn1nncc1CNc1c(Br)cc(Br)cc1Br. The first kappa shape index (κ1) is 13.0. The number of nitrogens with zero attached hydrogens (tertiary/aromatic N) is 3. The zero-order chi connectivity index (χ0) is 12.4. The summed E-state index contributed by atoms with van der Waals surface area (Å²) in [5.41, 5.74) is 2.03. The molecule has 0 spiro atoms. The molecule has 90 valence electrons. The van der Waals surface area contributed by atoms with Crippen molar-refractivity contribution in [3.63, 3.8) is 0 Å². The minimum atomic E-state index is 0.669. The zero-order valence-electron chi connectivity index (χ0n) is 8.91. The van der Waals surface area contributed by atoms with Crippen LogP contribution in [0, 0.1) is 0 Å². The Labute approximate surface area is 124 Å². The fourth-order valence-electron chi connectivity index (χ4n) is 1.36. The largest absolute Gasteiger partial charge is 0.378 e. The first-order valence-electron chi connectivity index (χ1n) is 4.80. The van der Waals surface area contributed by atoms with Gasteiger partial charge in [0, 0.05) is 20.5 Å². The van der Waals surface area contributed by atoms with E-state index in [9.17, 15) is 0 Å². The molecule has 2 rings (SSSR count). The van der Waals surface area contributed by atoms with Crippen molar-refractivity contribution in [2.75, 3.05) is 5.32 Å². The summed E-state index contributed by atoms with van der Waals surface area (Å²) in [5, 5.41) is 11.1. The molecule has 0 fully saturated rings. The number of benzene rings is 1. The summed E-state index contributed by atoms with van der Waals surface area (Å²) in [7, 11) is 1.87. The van der Waals surface area contributed by atoms with Crippen LogP contribution in [0.3, 0.4) is 0 Å². The summed E-state index contributed by atoms with van der Waals surface area (Å²) in [4.78, 5) is 0. The van der Waals surface area contributed by atoms with Gasteiger partial charge in [0.1, 0.15) is 0 Å². The average Bonchev–Trinajstić information content (AvgIpc) is 2.62. The van der Waals surface area contributed by atoms with Gasteiger partial charge in [0.2, 0.25) is 0 Å². The molecule has 0 saturated carbocycles. The number of rotatable bonds is 3. The Kier molecular flexibility index (Phi) is 4.22. The van der Waals surface area contributed by atoms with E-state index in [0.717, 1.165) is 24.8 Å². The molecular formula is C10H9Br3N4. The maximum absolute atomic E-state index is 3.88. The van der Waals surface area contributed by atoms with Crippen LogP contribution in [0.1, 0.15) is 5.69 Å². The molecular weight excluding hydrogens is 416 g/mol. The number of anilines is 1. The molecule has 17 heavy (non-hydrogen) atoms. The first-order chi connectivity index (χ1) is 8.08. The predicted octanol–water partition coefficient (Wildman–Crippen LogP) is 3.71. The Morgan fingerprint density at radius 3 is 2.41 bits per heavy atom. The van der Waals surface area contributed by atoms with Gasteiger partial charge in [-0.15, -0.1) is 5.10 Å². The highest BCUT2D eigenvalue weighted by atomic mass is 79.9. The van der Waals surface area contributed by atoms with E-state index in [1.54, 1.807) is 10.9 Å². The third kappa shape index (κ3) is 3.08. The molecule has 1 heterocycles. The highest BCUT2D eigenvalue weighted by Gasteiger charge is 2.07. The van der Waals surface area contributed by atoms with Gasteiger partial charge in [-0.25, -0.2) is 0 Å². The molecule has 0 bridgehead atoms.